The summed E-state index contributed by atoms with van der Waals surface area (Å²) in [4.78, 5) is 15.2. The monoisotopic (exact) mass is 493 g/mol. The molecule has 0 spiro atoms. The molecular weight excluding hydrogens is 462 g/mol. The van der Waals surface area contributed by atoms with Crippen LogP contribution in [0.1, 0.15) is 39.3 Å². The van der Waals surface area contributed by atoms with Crippen LogP contribution in [0.3, 0.4) is 0 Å². The number of pyridine rings is 2. The number of nitrogens with zero attached hydrogens (tertiary/aromatic N) is 5. The summed E-state index contributed by atoms with van der Waals surface area (Å²) in [7, 11) is 2.09. The molecule has 0 bridgehead atoms. The van der Waals surface area contributed by atoms with Crippen molar-refractivity contribution in [3.8, 4) is 17.2 Å². The van der Waals surface area contributed by atoms with E-state index in [-0.39, 0.29) is 0 Å². The van der Waals surface area contributed by atoms with Crippen LogP contribution >= 0.6 is 11.8 Å². The summed E-state index contributed by atoms with van der Waals surface area (Å²) in [5.74, 6) is 1.16. The van der Waals surface area contributed by atoms with E-state index in [0.29, 0.717) is 6.67 Å². The van der Waals surface area contributed by atoms with Gasteiger partial charge in [-0.2, -0.15) is 5.26 Å². The summed E-state index contributed by atoms with van der Waals surface area (Å²) in [6.45, 7) is 6.73. The van der Waals surface area contributed by atoms with Gasteiger partial charge in [-0.3, -0.25) is 9.97 Å². The minimum atomic E-state index is -0.617. The summed E-state index contributed by atoms with van der Waals surface area (Å²) < 4.78 is 0. The van der Waals surface area contributed by atoms with E-state index < -0.39 is 5.41 Å². The van der Waals surface area contributed by atoms with Crippen molar-refractivity contribution >= 4 is 39.7 Å². The largest absolute Gasteiger partial charge is 0.354 e. The molecule has 2 aromatic carbocycles. The van der Waals surface area contributed by atoms with Gasteiger partial charge in [0.05, 0.1) is 58.8 Å². The van der Waals surface area contributed by atoms with Crippen LogP contribution in [-0.4, -0.2) is 29.4 Å². The van der Waals surface area contributed by atoms with Crippen LogP contribution in [0.4, 0.5) is 17.1 Å². The predicted octanol–water partition coefficient (Wildman–Crippen LogP) is 7.54. The molecule has 4 aromatic rings. The van der Waals surface area contributed by atoms with E-state index in [9.17, 15) is 5.26 Å². The molecule has 0 saturated heterocycles. The molecule has 182 valence electrons. The number of rotatable bonds is 7. The quantitative estimate of drug-likeness (QED) is 0.196. The van der Waals surface area contributed by atoms with E-state index in [0.717, 1.165) is 39.4 Å². The first kappa shape index (κ1) is 24.1. The van der Waals surface area contributed by atoms with Gasteiger partial charge in [0, 0.05) is 17.3 Å². The Bertz CT molecular complexity index is 1420. The van der Waals surface area contributed by atoms with Crippen molar-refractivity contribution in [3.63, 3.8) is 0 Å². The summed E-state index contributed by atoms with van der Waals surface area (Å²) >= 11 is 1.92. The van der Waals surface area contributed by atoms with Gasteiger partial charge in [-0.1, -0.05) is 31.5 Å². The van der Waals surface area contributed by atoms with Crippen molar-refractivity contribution in [3.05, 3.63) is 72.7 Å². The highest BCUT2D eigenvalue weighted by Crippen LogP contribution is 2.44. The van der Waals surface area contributed by atoms with Crippen molar-refractivity contribution in [2.24, 2.45) is 0 Å². The Labute approximate surface area is 217 Å². The van der Waals surface area contributed by atoms with Gasteiger partial charge in [0.2, 0.25) is 0 Å². The van der Waals surface area contributed by atoms with Gasteiger partial charge in [0.15, 0.2) is 0 Å². The van der Waals surface area contributed by atoms with E-state index in [4.69, 9.17) is 4.98 Å². The fourth-order valence-corrected chi connectivity index (χ4v) is 5.53. The van der Waals surface area contributed by atoms with E-state index in [2.05, 4.69) is 83.4 Å². The number of nitriles is 1. The maximum absolute atomic E-state index is 9.48. The lowest BCUT2D eigenvalue weighted by Gasteiger charge is -2.22. The molecule has 1 aliphatic rings. The third-order valence-corrected chi connectivity index (χ3v) is 7.89. The number of benzene rings is 2. The average molecular weight is 494 g/mol. The Hall–Kier alpha value is -3.56. The topological polar surface area (TPSA) is 56.1 Å². The maximum Gasteiger partial charge on any atom is 0.0951 e. The number of unbranched alkanes of at least 4 members (excludes halogenated alkanes) is 1. The highest BCUT2D eigenvalue weighted by atomic mass is 32.2. The number of hydrogen-bond donors (Lipinski definition) is 0. The van der Waals surface area contributed by atoms with E-state index in [1.54, 1.807) is 0 Å². The third-order valence-electron chi connectivity index (χ3n) is 6.79. The van der Waals surface area contributed by atoms with Crippen LogP contribution in [0.2, 0.25) is 0 Å². The summed E-state index contributed by atoms with van der Waals surface area (Å²) in [5, 5.41) is 10.6. The van der Waals surface area contributed by atoms with Gasteiger partial charge >= 0.3 is 0 Å². The Kier molecular flexibility index (Phi) is 6.59. The first-order chi connectivity index (χ1) is 17.4. The van der Waals surface area contributed by atoms with Gasteiger partial charge < -0.3 is 9.80 Å². The summed E-state index contributed by atoms with van der Waals surface area (Å²) in [6.07, 6.45) is 6.31. The van der Waals surface area contributed by atoms with Gasteiger partial charge in [-0.25, -0.2) is 0 Å². The Morgan fingerprint density at radius 3 is 2.47 bits per heavy atom. The minimum absolute atomic E-state index is 0.617. The second-order valence-electron chi connectivity index (χ2n) is 9.86. The van der Waals surface area contributed by atoms with Crippen LogP contribution < -0.4 is 9.80 Å². The van der Waals surface area contributed by atoms with Crippen molar-refractivity contribution in [2.45, 2.75) is 43.9 Å². The van der Waals surface area contributed by atoms with E-state index in [1.165, 1.54) is 28.9 Å². The van der Waals surface area contributed by atoms with Crippen molar-refractivity contribution in [1.82, 2.24) is 9.97 Å². The molecular formula is C30H31N5S. The summed E-state index contributed by atoms with van der Waals surface area (Å²) in [6, 6.07) is 21.8. The Morgan fingerprint density at radius 2 is 1.78 bits per heavy atom. The van der Waals surface area contributed by atoms with Gasteiger partial charge in [-0.05, 0) is 73.5 Å². The van der Waals surface area contributed by atoms with Crippen molar-refractivity contribution in [1.29, 1.82) is 5.26 Å². The van der Waals surface area contributed by atoms with Gasteiger partial charge in [0.1, 0.15) is 0 Å². The second-order valence-corrected chi connectivity index (χ2v) is 11.0. The van der Waals surface area contributed by atoms with Crippen LogP contribution in [-0.2, 0) is 5.41 Å². The molecule has 0 atom stereocenters. The normalized spacial score (nSPS) is 13.2. The molecule has 0 fully saturated rings. The smallest absolute Gasteiger partial charge is 0.0951 e. The first-order valence-corrected chi connectivity index (χ1v) is 13.4. The molecule has 0 unspecified atom stereocenters. The summed E-state index contributed by atoms with van der Waals surface area (Å²) in [5.41, 5.74) is 6.77. The standard InChI is InChI=1S/C30H31N5S/c1-5-6-15-36-24-11-7-21(8-12-24)22-9-13-26-25(16-22)29-27(18-32-26)34(4)20-35(29)23-10-14-28(33-17-23)30(2,3)19-31/h7-14,16-18H,5-6,15,20H2,1-4H3. The molecule has 3 heterocycles. The number of aromatic nitrogens is 2. The lowest BCUT2D eigenvalue weighted by molar-refractivity contribution is 0.659. The zero-order valence-corrected chi connectivity index (χ0v) is 22.1. The zero-order valence-electron chi connectivity index (χ0n) is 21.3. The van der Waals surface area contributed by atoms with Gasteiger partial charge in [0.25, 0.3) is 0 Å². The van der Waals surface area contributed by atoms with E-state index >= 15 is 0 Å². The second kappa shape index (κ2) is 9.83. The third kappa shape index (κ3) is 4.52. The molecule has 2 aromatic heterocycles. The molecule has 0 N–H and O–H groups in total. The zero-order chi connectivity index (χ0) is 25.3. The first-order valence-electron chi connectivity index (χ1n) is 12.4. The molecule has 1 aliphatic heterocycles. The molecule has 0 saturated carbocycles. The maximum atomic E-state index is 9.48. The van der Waals surface area contributed by atoms with Crippen LogP contribution in [0.5, 0.6) is 0 Å². The molecule has 0 radical (unpaired) electrons. The van der Waals surface area contributed by atoms with Crippen LogP contribution in [0.25, 0.3) is 22.0 Å². The van der Waals surface area contributed by atoms with Crippen molar-refractivity contribution < 1.29 is 0 Å². The fourth-order valence-electron chi connectivity index (χ4n) is 4.53. The molecule has 5 nitrogen and oxygen atoms in total. The molecule has 6 heteroatoms. The van der Waals surface area contributed by atoms with Crippen molar-refractivity contribution in [2.75, 3.05) is 29.3 Å². The van der Waals surface area contributed by atoms with Crippen LogP contribution in [0.15, 0.2) is 71.9 Å². The number of hydrogen-bond acceptors (Lipinski definition) is 6. The lowest BCUT2D eigenvalue weighted by atomic mass is 9.91. The molecule has 36 heavy (non-hydrogen) atoms. The fraction of sp³-hybridized carbons (Fsp3) is 0.300. The highest BCUT2D eigenvalue weighted by molar-refractivity contribution is 7.99. The number of anilines is 3. The molecule has 0 amide bonds. The lowest BCUT2D eigenvalue weighted by Crippen LogP contribution is -2.24. The average Bonchev–Trinajstić information content (AvgIpc) is 3.26. The van der Waals surface area contributed by atoms with E-state index in [1.807, 2.05) is 44.1 Å². The molecule has 0 aliphatic carbocycles. The molecule has 5 rings (SSSR count). The van der Waals surface area contributed by atoms with Gasteiger partial charge in [-0.15, -0.1) is 11.8 Å². The Morgan fingerprint density at radius 1 is 1.00 bits per heavy atom. The predicted molar refractivity (Wildman–Crippen MR) is 151 cm³/mol. The highest BCUT2D eigenvalue weighted by Gasteiger charge is 2.29. The SMILES string of the molecule is CCCCSc1ccc(-c2ccc3ncc4c(c3c2)N(c2ccc(C(C)(C)C#N)nc2)CN4C)cc1. The Balaban J connectivity index is 1.52. The number of thioether (sulfide) groups is 1. The minimum Gasteiger partial charge on any atom is -0.354 e. The van der Waals surface area contributed by atoms with Crippen LogP contribution in [0, 0.1) is 11.3 Å². The number of fused-ring (bicyclic) bond motifs is 3.